The number of hydrogen-bond acceptors (Lipinski definition) is 4. The third-order valence-corrected chi connectivity index (χ3v) is 2.93. The topological polar surface area (TPSA) is 96.5 Å². The molecular weight excluding hydrogens is 262 g/mol. The van der Waals surface area contributed by atoms with E-state index in [-0.39, 0.29) is 12.5 Å². The Morgan fingerprint density at radius 2 is 2.00 bits per heavy atom. The molecular formula is C13H15N3O4. The Labute approximate surface area is 115 Å². The zero-order chi connectivity index (χ0) is 14.5. The summed E-state index contributed by atoms with van der Waals surface area (Å²) in [5.41, 5.74) is 0.837. The molecule has 0 bridgehead atoms. The maximum atomic E-state index is 11.6. The van der Waals surface area contributed by atoms with Crippen molar-refractivity contribution >= 4 is 17.9 Å². The minimum absolute atomic E-state index is 0.103. The lowest BCUT2D eigenvalue weighted by molar-refractivity contribution is -0.139. The van der Waals surface area contributed by atoms with E-state index >= 15 is 0 Å². The first-order chi connectivity index (χ1) is 9.61. The molecule has 1 fully saturated rings. The highest BCUT2D eigenvalue weighted by atomic mass is 16.5. The standard InChI is InChI=1S/C13H15N3O4/c1-14-11(17)9-10(12(18)15-9)16-13(19)20-7-8-5-3-2-4-6-8/h2-6,9-10H,7H2,1H3,(H,14,17)(H,15,18)(H,16,19)/t9-,10-/m1/s1. The van der Waals surface area contributed by atoms with Gasteiger partial charge in [-0.25, -0.2) is 4.79 Å². The first kappa shape index (κ1) is 13.9. The number of ether oxygens (including phenoxy) is 1. The third-order valence-electron chi connectivity index (χ3n) is 2.93. The molecule has 0 aromatic heterocycles. The number of alkyl carbamates (subject to hydrolysis) is 1. The Kier molecular flexibility index (Phi) is 4.19. The monoisotopic (exact) mass is 277 g/mol. The summed E-state index contributed by atoms with van der Waals surface area (Å²) in [5, 5.41) is 7.17. The Bertz CT molecular complexity index is 518. The molecule has 0 radical (unpaired) electrons. The van der Waals surface area contributed by atoms with E-state index in [0.717, 1.165) is 5.56 Å². The first-order valence-electron chi connectivity index (χ1n) is 6.11. The fourth-order valence-corrected chi connectivity index (χ4v) is 1.79. The maximum Gasteiger partial charge on any atom is 0.408 e. The smallest absolute Gasteiger partial charge is 0.408 e. The first-order valence-corrected chi connectivity index (χ1v) is 6.11. The minimum Gasteiger partial charge on any atom is -0.445 e. The normalized spacial score (nSPS) is 20.4. The molecule has 1 aliphatic heterocycles. The second-order valence-electron chi connectivity index (χ2n) is 4.28. The highest BCUT2D eigenvalue weighted by molar-refractivity contribution is 6.03. The molecule has 0 aliphatic carbocycles. The van der Waals surface area contributed by atoms with Gasteiger partial charge < -0.3 is 20.7 Å². The Balaban J connectivity index is 1.82. The van der Waals surface area contributed by atoms with Gasteiger partial charge in [0.05, 0.1) is 0 Å². The molecule has 20 heavy (non-hydrogen) atoms. The van der Waals surface area contributed by atoms with Gasteiger partial charge >= 0.3 is 6.09 Å². The van der Waals surface area contributed by atoms with Gasteiger partial charge in [0.1, 0.15) is 18.7 Å². The molecule has 7 nitrogen and oxygen atoms in total. The van der Waals surface area contributed by atoms with E-state index in [2.05, 4.69) is 16.0 Å². The largest absolute Gasteiger partial charge is 0.445 e. The number of nitrogens with one attached hydrogen (secondary N) is 3. The Morgan fingerprint density at radius 3 is 2.60 bits per heavy atom. The van der Waals surface area contributed by atoms with Gasteiger partial charge in [0, 0.05) is 7.05 Å². The zero-order valence-electron chi connectivity index (χ0n) is 10.9. The van der Waals surface area contributed by atoms with Gasteiger partial charge in [-0.05, 0) is 5.56 Å². The van der Waals surface area contributed by atoms with Crippen LogP contribution >= 0.6 is 0 Å². The number of likely N-dealkylation sites (N-methyl/N-ethyl adjacent to an activating group) is 1. The van der Waals surface area contributed by atoms with Crippen LogP contribution in [0.2, 0.25) is 0 Å². The molecule has 7 heteroatoms. The van der Waals surface area contributed by atoms with Crippen molar-refractivity contribution in [3.63, 3.8) is 0 Å². The number of benzene rings is 1. The molecule has 2 rings (SSSR count). The van der Waals surface area contributed by atoms with Crippen molar-refractivity contribution in [1.82, 2.24) is 16.0 Å². The quantitative estimate of drug-likeness (QED) is 0.648. The van der Waals surface area contributed by atoms with E-state index in [1.54, 1.807) is 0 Å². The van der Waals surface area contributed by atoms with Crippen molar-refractivity contribution in [2.75, 3.05) is 7.05 Å². The predicted octanol–water partition coefficient (Wildman–Crippen LogP) is -0.474. The average molecular weight is 277 g/mol. The van der Waals surface area contributed by atoms with Crippen LogP contribution < -0.4 is 16.0 Å². The molecule has 1 aliphatic rings. The number of carbonyl (C=O) groups is 3. The SMILES string of the molecule is CNC(=O)[C@@H]1NC(=O)[C@@H]1NC(=O)OCc1ccccc1. The summed E-state index contributed by atoms with van der Waals surface area (Å²) in [5.74, 6) is -0.770. The Hall–Kier alpha value is -2.57. The van der Waals surface area contributed by atoms with Crippen LogP contribution in [0.15, 0.2) is 30.3 Å². The minimum atomic E-state index is -0.891. The summed E-state index contributed by atoms with van der Waals surface area (Å²) in [6.45, 7) is 0.103. The molecule has 3 N–H and O–H groups in total. The van der Waals surface area contributed by atoms with E-state index in [1.807, 2.05) is 30.3 Å². The van der Waals surface area contributed by atoms with Crippen molar-refractivity contribution < 1.29 is 19.1 Å². The average Bonchev–Trinajstić information content (AvgIpc) is 2.48. The molecule has 1 aromatic rings. The molecule has 1 heterocycles. The van der Waals surface area contributed by atoms with E-state index in [9.17, 15) is 14.4 Å². The van der Waals surface area contributed by atoms with Gasteiger partial charge in [-0.2, -0.15) is 0 Å². The summed E-state index contributed by atoms with van der Waals surface area (Å²) in [4.78, 5) is 34.3. The van der Waals surface area contributed by atoms with Crippen molar-refractivity contribution in [3.8, 4) is 0 Å². The van der Waals surface area contributed by atoms with Gasteiger partial charge in [-0.1, -0.05) is 30.3 Å². The van der Waals surface area contributed by atoms with Crippen LogP contribution in [0.4, 0.5) is 4.79 Å². The van der Waals surface area contributed by atoms with E-state index in [1.165, 1.54) is 7.05 Å². The van der Waals surface area contributed by atoms with Crippen molar-refractivity contribution in [1.29, 1.82) is 0 Å². The number of amides is 3. The van der Waals surface area contributed by atoms with Crippen LogP contribution in [0, 0.1) is 0 Å². The summed E-state index contributed by atoms with van der Waals surface area (Å²) >= 11 is 0. The van der Waals surface area contributed by atoms with Gasteiger partial charge in [0.25, 0.3) is 0 Å². The molecule has 0 spiro atoms. The molecule has 0 unspecified atom stereocenters. The van der Waals surface area contributed by atoms with E-state index in [0.29, 0.717) is 0 Å². The molecule has 106 valence electrons. The highest BCUT2D eigenvalue weighted by Crippen LogP contribution is 2.07. The molecule has 0 saturated carbocycles. The number of carbonyl (C=O) groups excluding carboxylic acids is 3. The summed E-state index contributed by atoms with van der Waals surface area (Å²) < 4.78 is 4.98. The lowest BCUT2D eigenvalue weighted by Gasteiger charge is -2.35. The van der Waals surface area contributed by atoms with Crippen LogP contribution in [0.25, 0.3) is 0 Å². The Morgan fingerprint density at radius 1 is 1.30 bits per heavy atom. The maximum absolute atomic E-state index is 11.6. The molecule has 3 amide bonds. The van der Waals surface area contributed by atoms with E-state index in [4.69, 9.17) is 4.74 Å². The van der Waals surface area contributed by atoms with E-state index < -0.39 is 24.1 Å². The zero-order valence-corrected chi connectivity index (χ0v) is 10.9. The van der Waals surface area contributed by atoms with Crippen molar-refractivity contribution in [3.05, 3.63) is 35.9 Å². The molecule has 1 saturated heterocycles. The third kappa shape index (κ3) is 3.05. The fourth-order valence-electron chi connectivity index (χ4n) is 1.79. The summed E-state index contributed by atoms with van der Waals surface area (Å²) in [7, 11) is 1.46. The van der Waals surface area contributed by atoms with Crippen LogP contribution in [-0.4, -0.2) is 37.0 Å². The van der Waals surface area contributed by atoms with Gasteiger partial charge in [-0.3, -0.25) is 9.59 Å². The van der Waals surface area contributed by atoms with Gasteiger partial charge in [0.15, 0.2) is 0 Å². The van der Waals surface area contributed by atoms with Crippen LogP contribution in [0.3, 0.4) is 0 Å². The number of hydrogen-bond donors (Lipinski definition) is 3. The molecule has 1 aromatic carbocycles. The van der Waals surface area contributed by atoms with Crippen LogP contribution in [-0.2, 0) is 20.9 Å². The summed E-state index contributed by atoms with van der Waals surface area (Å²) in [6.07, 6.45) is -0.734. The summed E-state index contributed by atoms with van der Waals surface area (Å²) in [6, 6.07) is 7.51. The lowest BCUT2D eigenvalue weighted by atomic mass is 9.98. The highest BCUT2D eigenvalue weighted by Gasteiger charge is 2.44. The van der Waals surface area contributed by atoms with Crippen molar-refractivity contribution in [2.45, 2.75) is 18.7 Å². The van der Waals surface area contributed by atoms with Gasteiger partial charge in [-0.15, -0.1) is 0 Å². The second-order valence-corrected chi connectivity index (χ2v) is 4.28. The van der Waals surface area contributed by atoms with Crippen molar-refractivity contribution in [2.24, 2.45) is 0 Å². The van der Waals surface area contributed by atoms with Crippen LogP contribution in [0.1, 0.15) is 5.56 Å². The van der Waals surface area contributed by atoms with Crippen LogP contribution in [0.5, 0.6) is 0 Å². The number of rotatable bonds is 4. The van der Waals surface area contributed by atoms with Gasteiger partial charge in [0.2, 0.25) is 11.8 Å². The predicted molar refractivity (Wildman–Crippen MR) is 69.5 cm³/mol. The second kappa shape index (κ2) is 6.05. The number of β-lactam (4-membered cyclic amide) rings is 1. The molecule has 2 atom stereocenters. The lowest BCUT2D eigenvalue weighted by Crippen LogP contribution is -2.73. The fraction of sp³-hybridized carbons (Fsp3) is 0.308.